The Morgan fingerprint density at radius 2 is 0.589 bits per heavy atom. The molecule has 0 aliphatic heterocycles. The second-order valence-corrected chi connectivity index (χ2v) is 13.8. The molecule has 4 aromatic heterocycles. The van der Waals surface area contributed by atoms with Crippen molar-refractivity contribution in [2.45, 2.75) is 0 Å². The number of para-hydroxylation sites is 2. The van der Waals surface area contributed by atoms with Crippen LogP contribution in [0.15, 0.2) is 191 Å². The van der Waals surface area contributed by atoms with Crippen molar-refractivity contribution in [1.29, 1.82) is 0 Å². The van der Waals surface area contributed by atoms with E-state index in [-0.39, 0.29) is 0 Å². The summed E-state index contributed by atoms with van der Waals surface area (Å²) in [6.07, 6.45) is 0. The van der Waals surface area contributed by atoms with E-state index >= 15 is 0 Å². The molecule has 0 bridgehead atoms. The first-order valence-electron chi connectivity index (χ1n) is 18.5. The van der Waals surface area contributed by atoms with Crippen LogP contribution in [0.3, 0.4) is 0 Å². The van der Waals surface area contributed by atoms with E-state index in [1.807, 2.05) is 84.9 Å². The topological polar surface area (TPSA) is 77.8 Å². The van der Waals surface area contributed by atoms with E-state index in [9.17, 15) is 0 Å². The van der Waals surface area contributed by atoms with Crippen LogP contribution in [0.25, 0.3) is 112 Å². The average molecular weight is 719 g/mol. The number of benzene rings is 7. The van der Waals surface area contributed by atoms with Gasteiger partial charge in [0.2, 0.25) is 11.4 Å². The monoisotopic (exact) mass is 718 g/mol. The summed E-state index contributed by atoms with van der Waals surface area (Å²) < 4.78 is 12.4. The highest BCUT2D eigenvalue weighted by atomic mass is 16.3. The lowest BCUT2D eigenvalue weighted by molar-refractivity contribution is 0.653. The van der Waals surface area contributed by atoms with Gasteiger partial charge in [-0.05, 0) is 64.7 Å². The molecule has 11 rings (SSSR count). The maximum Gasteiger partial charge on any atom is 0.246 e. The average Bonchev–Trinajstić information content (AvgIpc) is 3.83. The van der Waals surface area contributed by atoms with Gasteiger partial charge in [-0.15, -0.1) is 0 Å². The molecular weight excluding hydrogens is 689 g/mol. The van der Waals surface area contributed by atoms with Crippen molar-refractivity contribution in [3.05, 3.63) is 182 Å². The van der Waals surface area contributed by atoms with Gasteiger partial charge in [0.1, 0.15) is 33.6 Å². The van der Waals surface area contributed by atoms with Gasteiger partial charge in [-0.2, -0.15) is 0 Å². The van der Waals surface area contributed by atoms with Crippen LogP contribution in [-0.4, -0.2) is 19.9 Å². The summed E-state index contributed by atoms with van der Waals surface area (Å²) in [5, 5.41) is 1.90. The number of hydrogen-bond donors (Lipinski definition) is 0. The zero-order valence-corrected chi connectivity index (χ0v) is 29.9. The predicted octanol–water partition coefficient (Wildman–Crippen LogP) is 13.1. The van der Waals surface area contributed by atoms with E-state index in [1.165, 1.54) is 0 Å². The Bertz CT molecular complexity index is 3040. The number of aromatic nitrogens is 4. The number of furan rings is 2. The summed E-state index contributed by atoms with van der Waals surface area (Å²) in [6.45, 7) is 0. The van der Waals surface area contributed by atoms with E-state index in [0.29, 0.717) is 11.4 Å². The Morgan fingerprint density at radius 1 is 0.268 bits per heavy atom. The van der Waals surface area contributed by atoms with Crippen LogP contribution in [0.5, 0.6) is 0 Å². The largest absolute Gasteiger partial charge is 0.436 e. The van der Waals surface area contributed by atoms with Crippen LogP contribution in [0.4, 0.5) is 0 Å². The Morgan fingerprint density at radius 3 is 1.02 bits per heavy atom. The summed E-state index contributed by atoms with van der Waals surface area (Å²) in [4.78, 5) is 20.6. The Balaban J connectivity index is 1.00. The normalized spacial score (nSPS) is 11.6. The quantitative estimate of drug-likeness (QED) is 0.170. The highest BCUT2D eigenvalue weighted by molar-refractivity contribution is 6.04. The van der Waals surface area contributed by atoms with Crippen LogP contribution >= 0.6 is 0 Å². The number of rotatable bonds is 6. The summed E-state index contributed by atoms with van der Waals surface area (Å²) in [7, 11) is 0. The molecule has 0 saturated carbocycles. The Kier molecular flexibility index (Phi) is 7.38. The Hall–Kier alpha value is -7.70. The zero-order valence-electron chi connectivity index (χ0n) is 29.9. The highest BCUT2D eigenvalue weighted by Crippen LogP contribution is 2.39. The zero-order chi connectivity index (χ0) is 37.0. The van der Waals surface area contributed by atoms with E-state index in [4.69, 9.17) is 28.8 Å². The molecule has 7 aromatic carbocycles. The van der Waals surface area contributed by atoms with Crippen molar-refractivity contribution in [3.63, 3.8) is 0 Å². The SMILES string of the molecule is c1ccc(-c2nc3c(nc2-c2cccc(-c4cccc(-c5cccc(-c6nc7oc8ccccc8c7nc6-c6ccccc6)c5)c4)c2)oc2ccccc23)cc1. The minimum Gasteiger partial charge on any atom is -0.436 e. The minimum atomic E-state index is 0.521. The predicted molar refractivity (Wildman–Crippen MR) is 225 cm³/mol. The van der Waals surface area contributed by atoms with Crippen LogP contribution < -0.4 is 0 Å². The molecule has 0 radical (unpaired) electrons. The lowest BCUT2D eigenvalue weighted by Crippen LogP contribution is -1.95. The summed E-state index contributed by atoms with van der Waals surface area (Å²) in [5.41, 5.74) is 15.5. The molecule has 6 heteroatoms. The smallest absolute Gasteiger partial charge is 0.246 e. The maximum absolute atomic E-state index is 6.21. The van der Waals surface area contributed by atoms with E-state index in [2.05, 4.69) is 97.1 Å². The van der Waals surface area contributed by atoms with Gasteiger partial charge in [-0.25, -0.2) is 19.9 Å². The molecule has 0 saturated heterocycles. The molecule has 0 atom stereocenters. The van der Waals surface area contributed by atoms with Gasteiger partial charge in [0.05, 0.1) is 11.4 Å². The third-order valence-corrected chi connectivity index (χ3v) is 10.3. The molecule has 4 heterocycles. The molecule has 0 aliphatic rings. The Labute approximate surface area is 321 Å². The van der Waals surface area contributed by atoms with Crippen LogP contribution in [-0.2, 0) is 0 Å². The van der Waals surface area contributed by atoms with Crippen molar-refractivity contribution in [2.75, 3.05) is 0 Å². The first-order valence-corrected chi connectivity index (χ1v) is 18.5. The second-order valence-electron chi connectivity index (χ2n) is 13.8. The molecular formula is C50H30N4O2. The summed E-state index contributed by atoms with van der Waals surface area (Å²) in [6, 6.07) is 62.0. The van der Waals surface area contributed by atoms with Crippen molar-refractivity contribution in [2.24, 2.45) is 0 Å². The maximum atomic E-state index is 6.21. The van der Waals surface area contributed by atoms with Crippen LogP contribution in [0.1, 0.15) is 0 Å². The molecule has 0 fully saturated rings. The molecule has 0 aliphatic carbocycles. The third kappa shape index (κ3) is 5.43. The summed E-state index contributed by atoms with van der Waals surface area (Å²) >= 11 is 0. The number of nitrogens with zero attached hydrogens (tertiary/aromatic N) is 4. The molecule has 0 spiro atoms. The van der Waals surface area contributed by atoms with Gasteiger partial charge in [0, 0.05) is 33.0 Å². The van der Waals surface area contributed by atoms with Crippen molar-refractivity contribution in [1.82, 2.24) is 19.9 Å². The molecule has 11 aromatic rings. The lowest BCUT2D eigenvalue weighted by Gasteiger charge is -2.12. The van der Waals surface area contributed by atoms with Gasteiger partial charge >= 0.3 is 0 Å². The van der Waals surface area contributed by atoms with Gasteiger partial charge in [0.15, 0.2) is 0 Å². The van der Waals surface area contributed by atoms with E-state index in [0.717, 1.165) is 100 Å². The fourth-order valence-electron chi connectivity index (χ4n) is 7.61. The molecule has 56 heavy (non-hydrogen) atoms. The first-order chi connectivity index (χ1) is 27.7. The van der Waals surface area contributed by atoms with E-state index < -0.39 is 0 Å². The molecule has 0 amide bonds. The van der Waals surface area contributed by atoms with Crippen molar-refractivity contribution < 1.29 is 8.83 Å². The van der Waals surface area contributed by atoms with E-state index in [1.54, 1.807) is 0 Å². The fraction of sp³-hybridized carbons (Fsp3) is 0. The van der Waals surface area contributed by atoms with Gasteiger partial charge in [-0.1, -0.05) is 140 Å². The number of hydrogen-bond acceptors (Lipinski definition) is 6. The van der Waals surface area contributed by atoms with Crippen LogP contribution in [0, 0.1) is 0 Å². The van der Waals surface area contributed by atoms with Crippen molar-refractivity contribution >= 4 is 44.4 Å². The summed E-state index contributed by atoms with van der Waals surface area (Å²) in [5.74, 6) is 0. The van der Waals surface area contributed by atoms with Gasteiger partial charge in [0.25, 0.3) is 0 Å². The van der Waals surface area contributed by atoms with Gasteiger partial charge < -0.3 is 8.83 Å². The lowest BCUT2D eigenvalue weighted by atomic mass is 9.95. The second kappa shape index (κ2) is 13.0. The fourth-order valence-corrected chi connectivity index (χ4v) is 7.61. The molecule has 0 unspecified atom stereocenters. The first kappa shape index (κ1) is 31.8. The standard InChI is InChI=1S/C50H30N4O2/c1-3-14-31(15-4-1)43-45(53-49-47(51-43)39-24-7-9-26-41(39)55-49)37-22-12-20-35(29-37)33-18-11-19-34(28-33)36-21-13-23-38(30-36)46-44(32-16-5-2-6-17-32)52-48-40-25-8-10-27-42(40)56-50(48)54-46/h1-30H. The van der Waals surface area contributed by atoms with Gasteiger partial charge in [-0.3, -0.25) is 0 Å². The minimum absolute atomic E-state index is 0.521. The molecule has 262 valence electrons. The van der Waals surface area contributed by atoms with Crippen molar-refractivity contribution in [3.8, 4) is 67.3 Å². The van der Waals surface area contributed by atoms with Crippen LogP contribution in [0.2, 0.25) is 0 Å². The molecule has 0 N–H and O–H groups in total. The highest BCUT2D eigenvalue weighted by Gasteiger charge is 2.20. The molecule has 6 nitrogen and oxygen atoms in total. The third-order valence-electron chi connectivity index (χ3n) is 10.3. The number of fused-ring (bicyclic) bond motifs is 6.